The zero-order chi connectivity index (χ0) is 25.8. The van der Waals surface area contributed by atoms with Gasteiger partial charge in [0.25, 0.3) is 11.8 Å². The van der Waals surface area contributed by atoms with E-state index in [1.165, 1.54) is 24.3 Å². The highest BCUT2D eigenvalue weighted by molar-refractivity contribution is 14.1. The van der Waals surface area contributed by atoms with Gasteiger partial charge in [0.1, 0.15) is 23.7 Å². The third kappa shape index (κ3) is 5.74. The Kier molecular flexibility index (Phi) is 8.32. The highest BCUT2D eigenvalue weighted by atomic mass is 127. The molecule has 1 aliphatic rings. The van der Waals surface area contributed by atoms with Crippen molar-refractivity contribution >= 4 is 79.4 Å². The number of ether oxygens (including phenoxy) is 1. The minimum atomic E-state index is -0.714. The Bertz CT molecular complexity index is 1410. The van der Waals surface area contributed by atoms with Crippen molar-refractivity contribution < 1.29 is 18.7 Å². The first-order chi connectivity index (χ1) is 17.3. The SMILES string of the molecule is C=CCc1cc(/C=C2\C(=O)NC(=S)N(c3ccccc3F)C2=O)cc(Br)c1OCc1ccc(I)cc1. The predicted octanol–water partition coefficient (Wildman–Crippen LogP) is 6.33. The van der Waals surface area contributed by atoms with Crippen LogP contribution >= 0.6 is 50.7 Å². The van der Waals surface area contributed by atoms with Crippen LogP contribution in [-0.2, 0) is 22.6 Å². The molecular formula is C27H19BrFIN2O3S. The number of hydrogen-bond donors (Lipinski definition) is 1. The molecule has 36 heavy (non-hydrogen) atoms. The molecule has 1 saturated heterocycles. The van der Waals surface area contributed by atoms with Crippen molar-refractivity contribution in [1.82, 2.24) is 5.32 Å². The number of halogens is 3. The third-order valence-corrected chi connectivity index (χ3v) is 6.90. The maximum atomic E-state index is 14.4. The van der Waals surface area contributed by atoms with E-state index in [1.54, 1.807) is 18.2 Å². The van der Waals surface area contributed by atoms with E-state index in [-0.39, 0.29) is 16.4 Å². The van der Waals surface area contributed by atoms with Crippen LogP contribution in [-0.4, -0.2) is 16.9 Å². The molecule has 1 heterocycles. The van der Waals surface area contributed by atoms with Crippen LogP contribution in [0.25, 0.3) is 6.08 Å². The standard InChI is InChI=1S/C27H19BrFIN2O3S/c1-2-5-18-12-17(14-21(28)24(18)35-15-16-8-10-19(30)11-9-16)13-20-25(33)31-27(36)32(26(20)34)23-7-4-3-6-22(23)29/h2-4,6-14H,1,5,15H2,(H,31,33,36)/b20-13+. The van der Waals surface area contributed by atoms with Gasteiger partial charge < -0.3 is 4.74 Å². The largest absolute Gasteiger partial charge is 0.487 e. The van der Waals surface area contributed by atoms with Crippen LogP contribution in [0.5, 0.6) is 5.75 Å². The average Bonchev–Trinajstić information content (AvgIpc) is 2.83. The van der Waals surface area contributed by atoms with Crippen LogP contribution in [0, 0.1) is 9.39 Å². The van der Waals surface area contributed by atoms with Gasteiger partial charge in [-0.15, -0.1) is 6.58 Å². The molecule has 1 aliphatic heterocycles. The minimum absolute atomic E-state index is 0.0359. The molecule has 3 aromatic carbocycles. The van der Waals surface area contributed by atoms with Crippen molar-refractivity contribution in [3.05, 3.63) is 109 Å². The van der Waals surface area contributed by atoms with Gasteiger partial charge >= 0.3 is 0 Å². The molecule has 9 heteroatoms. The number of thiocarbonyl (C=S) groups is 1. The molecule has 0 aromatic heterocycles. The van der Waals surface area contributed by atoms with Crippen LogP contribution in [0.1, 0.15) is 16.7 Å². The van der Waals surface area contributed by atoms with Crippen molar-refractivity contribution in [2.45, 2.75) is 13.0 Å². The molecule has 3 aromatic rings. The minimum Gasteiger partial charge on any atom is -0.487 e. The summed E-state index contributed by atoms with van der Waals surface area (Å²) < 4.78 is 22.3. The summed E-state index contributed by atoms with van der Waals surface area (Å²) in [6, 6.07) is 17.3. The van der Waals surface area contributed by atoms with Gasteiger partial charge in [0.2, 0.25) is 0 Å². The summed E-state index contributed by atoms with van der Waals surface area (Å²) in [6.07, 6.45) is 3.70. The lowest BCUT2D eigenvalue weighted by Crippen LogP contribution is -2.54. The maximum Gasteiger partial charge on any atom is 0.270 e. The summed E-state index contributed by atoms with van der Waals surface area (Å²) in [4.78, 5) is 26.9. The van der Waals surface area contributed by atoms with Gasteiger partial charge in [0.15, 0.2) is 5.11 Å². The topological polar surface area (TPSA) is 58.6 Å². The van der Waals surface area contributed by atoms with E-state index in [2.05, 4.69) is 50.4 Å². The van der Waals surface area contributed by atoms with E-state index >= 15 is 0 Å². The van der Waals surface area contributed by atoms with Crippen molar-refractivity contribution in [3.63, 3.8) is 0 Å². The normalized spacial score (nSPS) is 14.7. The number of benzene rings is 3. The number of carbonyl (C=O) groups is 2. The fourth-order valence-electron chi connectivity index (χ4n) is 3.64. The van der Waals surface area contributed by atoms with Crippen LogP contribution < -0.4 is 15.0 Å². The van der Waals surface area contributed by atoms with Crippen LogP contribution in [0.15, 0.2) is 83.4 Å². The van der Waals surface area contributed by atoms with Crippen molar-refractivity contribution in [3.8, 4) is 5.75 Å². The van der Waals surface area contributed by atoms with E-state index in [4.69, 9.17) is 17.0 Å². The van der Waals surface area contributed by atoms with Gasteiger partial charge in [-0.3, -0.25) is 14.9 Å². The summed E-state index contributed by atoms with van der Waals surface area (Å²) in [6.45, 7) is 4.19. The highest BCUT2D eigenvalue weighted by Gasteiger charge is 2.35. The first kappa shape index (κ1) is 26.2. The first-order valence-corrected chi connectivity index (χ1v) is 13.0. The van der Waals surface area contributed by atoms with E-state index in [0.29, 0.717) is 28.8 Å². The third-order valence-electron chi connectivity index (χ3n) is 5.31. The number of hydrogen-bond acceptors (Lipinski definition) is 4. The summed E-state index contributed by atoms with van der Waals surface area (Å²) in [5, 5.41) is 2.29. The van der Waals surface area contributed by atoms with Gasteiger partial charge in [-0.05, 0) is 116 Å². The van der Waals surface area contributed by atoms with Gasteiger partial charge in [-0.1, -0.05) is 30.3 Å². The molecule has 182 valence electrons. The molecule has 1 N–H and O–H groups in total. The summed E-state index contributed by atoms with van der Waals surface area (Å²) >= 11 is 11.0. The lowest BCUT2D eigenvalue weighted by molar-refractivity contribution is -0.122. The molecule has 2 amide bonds. The second kappa shape index (κ2) is 11.4. The number of allylic oxidation sites excluding steroid dienone is 1. The van der Waals surface area contributed by atoms with Crippen LogP contribution in [0.3, 0.4) is 0 Å². The van der Waals surface area contributed by atoms with Gasteiger partial charge in [-0.25, -0.2) is 9.29 Å². The number of rotatable bonds is 7. The van der Waals surface area contributed by atoms with E-state index in [1.807, 2.05) is 30.3 Å². The second-order valence-electron chi connectivity index (χ2n) is 7.81. The summed E-state index contributed by atoms with van der Waals surface area (Å²) in [7, 11) is 0. The van der Waals surface area contributed by atoms with Crippen LogP contribution in [0.2, 0.25) is 0 Å². The monoisotopic (exact) mass is 676 g/mol. The number of para-hydroxylation sites is 1. The Hall–Kier alpha value is -2.89. The van der Waals surface area contributed by atoms with Crippen molar-refractivity contribution in [2.75, 3.05) is 4.90 Å². The molecule has 5 nitrogen and oxygen atoms in total. The zero-order valence-electron chi connectivity index (χ0n) is 18.8. The number of amides is 2. The lowest BCUT2D eigenvalue weighted by Gasteiger charge is -2.29. The lowest BCUT2D eigenvalue weighted by atomic mass is 10.0. The molecule has 1 fully saturated rings. The number of carbonyl (C=O) groups excluding carboxylic acids is 2. The summed E-state index contributed by atoms with van der Waals surface area (Å²) in [5.41, 5.74) is 2.22. The maximum absolute atomic E-state index is 14.4. The number of nitrogens with one attached hydrogen (secondary N) is 1. The Balaban J connectivity index is 1.67. The van der Waals surface area contributed by atoms with Crippen LogP contribution in [0.4, 0.5) is 10.1 Å². The second-order valence-corrected chi connectivity index (χ2v) is 10.3. The first-order valence-electron chi connectivity index (χ1n) is 10.7. The molecule has 0 aliphatic carbocycles. The highest BCUT2D eigenvalue weighted by Crippen LogP contribution is 2.34. The van der Waals surface area contributed by atoms with Crippen molar-refractivity contribution in [1.29, 1.82) is 0 Å². The van der Waals surface area contributed by atoms with E-state index < -0.39 is 17.6 Å². The molecule has 0 saturated carbocycles. The fraction of sp³-hybridized carbons (Fsp3) is 0.0741. The van der Waals surface area contributed by atoms with E-state index in [0.717, 1.165) is 19.6 Å². The Labute approximate surface area is 235 Å². The van der Waals surface area contributed by atoms with E-state index in [9.17, 15) is 14.0 Å². The Morgan fingerprint density at radius 2 is 1.86 bits per heavy atom. The molecule has 0 atom stereocenters. The fourth-order valence-corrected chi connectivity index (χ4v) is 4.90. The predicted molar refractivity (Wildman–Crippen MR) is 154 cm³/mol. The zero-order valence-corrected chi connectivity index (χ0v) is 23.3. The average molecular weight is 677 g/mol. The molecule has 0 spiro atoms. The Morgan fingerprint density at radius 1 is 1.14 bits per heavy atom. The molecule has 0 unspecified atom stereocenters. The Morgan fingerprint density at radius 3 is 2.56 bits per heavy atom. The number of nitrogens with zero attached hydrogens (tertiary/aromatic N) is 1. The molecule has 0 radical (unpaired) electrons. The summed E-state index contributed by atoms with van der Waals surface area (Å²) in [5.74, 6) is -1.36. The molecular weight excluding hydrogens is 658 g/mol. The smallest absolute Gasteiger partial charge is 0.270 e. The molecule has 0 bridgehead atoms. The van der Waals surface area contributed by atoms with Gasteiger partial charge in [-0.2, -0.15) is 0 Å². The van der Waals surface area contributed by atoms with Crippen molar-refractivity contribution in [2.24, 2.45) is 0 Å². The van der Waals surface area contributed by atoms with Gasteiger partial charge in [0, 0.05) is 3.57 Å². The molecule has 4 rings (SSSR count). The van der Waals surface area contributed by atoms with Gasteiger partial charge in [0.05, 0.1) is 10.2 Å². The quantitative estimate of drug-likeness (QED) is 0.105. The number of anilines is 1.